The lowest BCUT2D eigenvalue weighted by atomic mass is 10.0. The van der Waals surface area contributed by atoms with Gasteiger partial charge in [-0.15, -0.1) is 0 Å². The fourth-order valence-corrected chi connectivity index (χ4v) is 1.37. The Morgan fingerprint density at radius 1 is 1.28 bits per heavy atom. The summed E-state index contributed by atoms with van der Waals surface area (Å²) in [5.41, 5.74) is -2.10. The molecule has 0 saturated carbocycles. The Hall–Kier alpha value is -1.58. The molecule has 1 atom stereocenters. The van der Waals surface area contributed by atoms with Gasteiger partial charge in [0, 0.05) is 6.54 Å². The van der Waals surface area contributed by atoms with Gasteiger partial charge in [0.25, 0.3) is 0 Å². The molecule has 18 heavy (non-hydrogen) atoms. The first-order valence-electron chi connectivity index (χ1n) is 5.29. The zero-order valence-corrected chi connectivity index (χ0v) is 9.78. The molecule has 0 saturated heterocycles. The van der Waals surface area contributed by atoms with Gasteiger partial charge < -0.3 is 5.21 Å². The molecule has 0 radical (unpaired) electrons. The lowest BCUT2D eigenvalue weighted by molar-refractivity contribution is -0.275. The van der Waals surface area contributed by atoms with Gasteiger partial charge in [0.15, 0.2) is 0 Å². The lowest BCUT2D eigenvalue weighted by Gasteiger charge is -2.32. The smallest absolute Gasteiger partial charge is 0.312 e. The third kappa shape index (κ3) is 3.00. The quantitative estimate of drug-likeness (QED) is 0.845. The first-order chi connectivity index (χ1) is 8.31. The van der Waals surface area contributed by atoms with Crippen molar-refractivity contribution in [1.82, 2.24) is 5.06 Å². The zero-order chi connectivity index (χ0) is 13.8. The molecule has 0 aliphatic rings. The molecule has 0 bridgehead atoms. The predicted molar refractivity (Wildman–Crippen MR) is 58.7 cm³/mol. The van der Waals surface area contributed by atoms with Crippen LogP contribution in [0.2, 0.25) is 0 Å². The van der Waals surface area contributed by atoms with Gasteiger partial charge in [-0.1, -0.05) is 30.3 Å². The van der Waals surface area contributed by atoms with Crippen LogP contribution < -0.4 is 0 Å². The maximum atomic E-state index is 12.7. The minimum Gasteiger partial charge on any atom is -0.312 e. The Morgan fingerprint density at radius 3 is 2.28 bits per heavy atom. The molecule has 98 valence electrons. The van der Waals surface area contributed by atoms with Crippen molar-refractivity contribution in [3.8, 4) is 6.07 Å². The van der Waals surface area contributed by atoms with Crippen LogP contribution in [0, 0.1) is 11.3 Å². The summed E-state index contributed by atoms with van der Waals surface area (Å²) in [5.74, 6) is 0. The van der Waals surface area contributed by atoms with Gasteiger partial charge in [0.1, 0.15) is 0 Å². The van der Waals surface area contributed by atoms with E-state index in [4.69, 9.17) is 5.26 Å². The molecule has 1 aromatic rings. The summed E-state index contributed by atoms with van der Waals surface area (Å²) in [6.45, 7) is 0.381. The molecule has 1 rings (SSSR count). The van der Waals surface area contributed by atoms with Crippen molar-refractivity contribution in [2.45, 2.75) is 25.1 Å². The van der Waals surface area contributed by atoms with Gasteiger partial charge in [-0.3, -0.25) is 0 Å². The molecule has 3 nitrogen and oxygen atoms in total. The van der Waals surface area contributed by atoms with Crippen LogP contribution >= 0.6 is 0 Å². The summed E-state index contributed by atoms with van der Waals surface area (Å²) >= 11 is 0. The number of hydroxylamine groups is 2. The number of hydrogen-bond acceptors (Lipinski definition) is 3. The molecule has 6 heteroatoms. The number of nitrogens with zero attached hydrogens (tertiary/aromatic N) is 2. The highest BCUT2D eigenvalue weighted by atomic mass is 19.4. The number of hydrogen-bond donors (Lipinski definition) is 1. The van der Waals surface area contributed by atoms with Crippen molar-refractivity contribution in [3.05, 3.63) is 35.9 Å². The minimum atomic E-state index is -4.81. The third-order valence-corrected chi connectivity index (χ3v) is 2.74. The van der Waals surface area contributed by atoms with Gasteiger partial charge in [0.05, 0.1) is 6.07 Å². The second-order valence-electron chi connectivity index (χ2n) is 4.04. The van der Waals surface area contributed by atoms with Gasteiger partial charge in [-0.05, 0) is 18.9 Å². The standard InChI is InChI=1S/C12H13F3N2O/c1-11(9-16,12(13,14)15)17(18)8-7-10-5-3-2-4-6-10/h2-6,18H,7-8H2,1H3. The van der Waals surface area contributed by atoms with Crippen molar-refractivity contribution in [3.63, 3.8) is 0 Å². The highest BCUT2D eigenvalue weighted by molar-refractivity contribution is 5.15. The molecule has 0 amide bonds. The third-order valence-electron chi connectivity index (χ3n) is 2.74. The molecular formula is C12H13F3N2O. The first-order valence-corrected chi connectivity index (χ1v) is 5.29. The summed E-state index contributed by atoms with van der Waals surface area (Å²) in [4.78, 5) is 0. The number of rotatable bonds is 4. The lowest BCUT2D eigenvalue weighted by Crippen LogP contribution is -2.54. The summed E-state index contributed by atoms with van der Waals surface area (Å²) in [5, 5.41) is 18.1. The number of benzene rings is 1. The van der Waals surface area contributed by atoms with E-state index >= 15 is 0 Å². The molecule has 1 aromatic carbocycles. The summed E-state index contributed by atoms with van der Waals surface area (Å²) in [6.07, 6.45) is -4.59. The summed E-state index contributed by atoms with van der Waals surface area (Å²) in [6, 6.07) is 9.88. The van der Waals surface area contributed by atoms with E-state index in [0.29, 0.717) is 6.92 Å². The molecular weight excluding hydrogens is 245 g/mol. The number of halogens is 3. The van der Waals surface area contributed by atoms with E-state index in [1.54, 1.807) is 30.3 Å². The predicted octanol–water partition coefficient (Wildman–Crippen LogP) is 2.76. The second kappa shape index (κ2) is 5.38. The average molecular weight is 258 g/mol. The van der Waals surface area contributed by atoms with Crippen LogP contribution in [-0.4, -0.2) is 28.5 Å². The van der Waals surface area contributed by atoms with E-state index in [9.17, 15) is 18.4 Å². The Kier molecular flexibility index (Phi) is 4.33. The van der Waals surface area contributed by atoms with E-state index in [2.05, 4.69) is 0 Å². The number of nitriles is 1. The van der Waals surface area contributed by atoms with Crippen LogP contribution in [0.1, 0.15) is 12.5 Å². The van der Waals surface area contributed by atoms with Crippen LogP contribution in [0.4, 0.5) is 13.2 Å². The van der Waals surface area contributed by atoms with Crippen LogP contribution in [-0.2, 0) is 6.42 Å². The van der Waals surface area contributed by atoms with Crippen molar-refractivity contribution in [2.75, 3.05) is 6.54 Å². The van der Waals surface area contributed by atoms with E-state index in [0.717, 1.165) is 11.6 Å². The van der Waals surface area contributed by atoms with Crippen molar-refractivity contribution in [1.29, 1.82) is 5.26 Å². The molecule has 1 N–H and O–H groups in total. The van der Waals surface area contributed by atoms with E-state index in [1.165, 1.54) is 0 Å². The van der Waals surface area contributed by atoms with Crippen LogP contribution in [0.5, 0.6) is 0 Å². The highest BCUT2D eigenvalue weighted by Crippen LogP contribution is 2.33. The molecule has 0 aromatic heterocycles. The van der Waals surface area contributed by atoms with Crippen LogP contribution in [0.3, 0.4) is 0 Å². The van der Waals surface area contributed by atoms with Crippen molar-refractivity contribution < 1.29 is 18.4 Å². The minimum absolute atomic E-state index is 0.0417. The fraction of sp³-hybridized carbons (Fsp3) is 0.417. The maximum Gasteiger partial charge on any atom is 0.422 e. The Bertz CT molecular complexity index is 427. The van der Waals surface area contributed by atoms with Crippen LogP contribution in [0.15, 0.2) is 30.3 Å². The molecule has 0 aliphatic heterocycles. The van der Waals surface area contributed by atoms with E-state index < -0.39 is 11.7 Å². The van der Waals surface area contributed by atoms with Crippen LogP contribution in [0.25, 0.3) is 0 Å². The van der Waals surface area contributed by atoms with Crippen molar-refractivity contribution in [2.24, 2.45) is 0 Å². The monoisotopic (exact) mass is 258 g/mol. The Labute approximate surface area is 103 Å². The SMILES string of the molecule is CC(C#N)(N(O)CCc1ccccc1)C(F)(F)F. The van der Waals surface area contributed by atoms with Gasteiger partial charge in [-0.25, -0.2) is 0 Å². The fourth-order valence-electron chi connectivity index (χ4n) is 1.37. The Morgan fingerprint density at radius 2 is 1.83 bits per heavy atom. The van der Waals surface area contributed by atoms with Crippen molar-refractivity contribution >= 4 is 0 Å². The number of alkyl halides is 3. The van der Waals surface area contributed by atoms with Gasteiger partial charge in [-0.2, -0.15) is 23.5 Å². The molecule has 1 unspecified atom stereocenters. The highest BCUT2D eigenvalue weighted by Gasteiger charge is 2.56. The topological polar surface area (TPSA) is 47.3 Å². The average Bonchev–Trinajstić information content (AvgIpc) is 2.34. The molecule has 0 fully saturated rings. The normalized spacial score (nSPS) is 15.2. The van der Waals surface area contributed by atoms with Gasteiger partial charge in [0.2, 0.25) is 5.54 Å². The maximum absolute atomic E-state index is 12.7. The molecule has 0 spiro atoms. The second-order valence-corrected chi connectivity index (χ2v) is 4.04. The molecule has 0 heterocycles. The Balaban J connectivity index is 2.71. The first kappa shape index (κ1) is 14.5. The largest absolute Gasteiger partial charge is 0.422 e. The van der Waals surface area contributed by atoms with Gasteiger partial charge >= 0.3 is 6.18 Å². The summed E-state index contributed by atoms with van der Waals surface area (Å²) in [7, 11) is 0. The van der Waals surface area contributed by atoms with E-state index in [-0.39, 0.29) is 18.0 Å². The molecule has 0 aliphatic carbocycles. The van der Waals surface area contributed by atoms with E-state index in [1.807, 2.05) is 0 Å². The summed E-state index contributed by atoms with van der Waals surface area (Å²) < 4.78 is 38.0. The zero-order valence-electron chi connectivity index (χ0n) is 9.78.